The van der Waals surface area contributed by atoms with Gasteiger partial charge in [0.05, 0.1) is 36.5 Å². The monoisotopic (exact) mass is 509 g/mol. The number of aryl methyl sites for hydroxylation is 2. The molecule has 1 saturated heterocycles. The Kier molecular flexibility index (Phi) is 8.31. The summed E-state index contributed by atoms with van der Waals surface area (Å²) in [5, 5.41) is 14.8. The molecule has 9 heteroatoms. The first-order valence-corrected chi connectivity index (χ1v) is 13.4. The van der Waals surface area contributed by atoms with Crippen LogP contribution in [0.4, 0.5) is 0 Å². The van der Waals surface area contributed by atoms with E-state index in [0.717, 1.165) is 55.3 Å². The summed E-state index contributed by atoms with van der Waals surface area (Å²) in [5.74, 6) is -0.459. The van der Waals surface area contributed by atoms with Gasteiger partial charge in [-0.2, -0.15) is 5.26 Å². The standard InChI is InChI=1S/C26H28N4O3S2/c1-3-19-4-6-20(7-5-19)30-25(32)23(16-22-18(2)8-15-34-22)35-26(30)21(17-27)24(31)28-9-10-29-11-13-33-14-12-29/h4-8,15-16H,3,9-14H2,1-2H3,(H,28,31)/p+1/b23-16+,26-21+. The molecule has 3 heterocycles. The first-order chi connectivity index (χ1) is 17.0. The summed E-state index contributed by atoms with van der Waals surface area (Å²) in [7, 11) is 0. The molecule has 2 aromatic heterocycles. The third kappa shape index (κ3) is 5.80. The molecule has 35 heavy (non-hydrogen) atoms. The number of aromatic nitrogens is 1. The van der Waals surface area contributed by atoms with E-state index in [1.54, 1.807) is 11.3 Å². The minimum atomic E-state index is -0.459. The number of hydrogen-bond donors (Lipinski definition) is 2. The van der Waals surface area contributed by atoms with Crippen LogP contribution in [0.25, 0.3) is 17.3 Å². The molecule has 0 atom stereocenters. The molecular weight excluding hydrogens is 480 g/mol. The topological polar surface area (TPSA) is 88.6 Å². The maximum Gasteiger partial charge on any atom is 0.273 e. The molecule has 182 valence electrons. The van der Waals surface area contributed by atoms with Crippen molar-refractivity contribution in [1.82, 2.24) is 9.88 Å². The van der Waals surface area contributed by atoms with Gasteiger partial charge in [-0.15, -0.1) is 22.7 Å². The van der Waals surface area contributed by atoms with Crippen molar-refractivity contribution in [3.05, 3.63) is 71.3 Å². The van der Waals surface area contributed by atoms with Gasteiger partial charge in [0, 0.05) is 4.88 Å². The molecule has 0 saturated carbocycles. The Bertz CT molecular complexity index is 1400. The maximum atomic E-state index is 13.5. The number of thiazole rings is 1. The number of benzene rings is 1. The van der Waals surface area contributed by atoms with Crippen LogP contribution in [-0.2, 0) is 16.0 Å². The lowest BCUT2D eigenvalue weighted by molar-refractivity contribution is -0.906. The van der Waals surface area contributed by atoms with Gasteiger partial charge in [0.15, 0.2) is 5.57 Å². The summed E-state index contributed by atoms with van der Waals surface area (Å²) in [6.45, 7) is 8.54. The second kappa shape index (κ2) is 11.6. The first kappa shape index (κ1) is 25.1. The summed E-state index contributed by atoms with van der Waals surface area (Å²) >= 11 is 2.73. The zero-order chi connectivity index (χ0) is 24.8. The molecule has 4 rings (SSSR count). The highest BCUT2D eigenvalue weighted by atomic mass is 32.1. The fourth-order valence-electron chi connectivity index (χ4n) is 3.96. The Labute approximate surface area is 212 Å². The Morgan fingerprint density at radius 2 is 2.00 bits per heavy atom. The van der Waals surface area contributed by atoms with Gasteiger partial charge in [0.2, 0.25) is 0 Å². The smallest absolute Gasteiger partial charge is 0.273 e. The van der Waals surface area contributed by atoms with Gasteiger partial charge in [-0.05, 0) is 54.1 Å². The van der Waals surface area contributed by atoms with Crippen molar-refractivity contribution < 1.29 is 14.4 Å². The molecule has 3 aromatic rings. The van der Waals surface area contributed by atoms with Gasteiger partial charge < -0.3 is 15.0 Å². The second-order valence-electron chi connectivity index (χ2n) is 8.40. The molecule has 7 nitrogen and oxygen atoms in total. The molecule has 1 fully saturated rings. The number of ether oxygens (including phenoxy) is 1. The summed E-state index contributed by atoms with van der Waals surface area (Å²) < 4.78 is 7.71. The second-order valence-corrected chi connectivity index (χ2v) is 10.4. The highest BCUT2D eigenvalue weighted by Crippen LogP contribution is 2.16. The van der Waals surface area contributed by atoms with Crippen molar-refractivity contribution in [2.45, 2.75) is 20.3 Å². The van der Waals surface area contributed by atoms with Gasteiger partial charge in [0.1, 0.15) is 23.8 Å². The predicted molar refractivity (Wildman–Crippen MR) is 140 cm³/mol. The minimum absolute atomic E-state index is 0.0498. The van der Waals surface area contributed by atoms with Crippen molar-refractivity contribution in [3.8, 4) is 11.8 Å². The fourth-order valence-corrected chi connectivity index (χ4v) is 5.98. The van der Waals surface area contributed by atoms with Gasteiger partial charge >= 0.3 is 0 Å². The minimum Gasteiger partial charge on any atom is -0.370 e. The number of nitriles is 1. The quantitative estimate of drug-likeness (QED) is 0.482. The van der Waals surface area contributed by atoms with E-state index in [9.17, 15) is 14.9 Å². The van der Waals surface area contributed by atoms with Gasteiger partial charge in [-0.1, -0.05) is 19.1 Å². The number of morpholine rings is 1. The number of rotatable bonds is 7. The average Bonchev–Trinajstić information content (AvgIpc) is 3.43. The van der Waals surface area contributed by atoms with Crippen LogP contribution >= 0.6 is 22.7 Å². The average molecular weight is 510 g/mol. The van der Waals surface area contributed by atoms with Gasteiger partial charge in [0.25, 0.3) is 11.5 Å². The third-order valence-corrected chi connectivity index (χ3v) is 8.17. The van der Waals surface area contributed by atoms with E-state index in [1.807, 2.05) is 48.7 Å². The maximum absolute atomic E-state index is 13.5. The predicted octanol–water partition coefficient (Wildman–Crippen LogP) is 0.366. The summed E-state index contributed by atoms with van der Waals surface area (Å²) in [6, 6.07) is 11.7. The number of quaternary nitrogens is 1. The largest absolute Gasteiger partial charge is 0.370 e. The summed E-state index contributed by atoms with van der Waals surface area (Å²) in [4.78, 5) is 28.9. The molecule has 0 radical (unpaired) electrons. The highest BCUT2D eigenvalue weighted by Gasteiger charge is 2.19. The number of carbonyl (C=O) groups excluding carboxylic acids is 1. The molecule has 1 aliphatic heterocycles. The number of carbonyl (C=O) groups is 1. The van der Waals surface area contributed by atoms with Crippen LogP contribution in [0.15, 0.2) is 40.5 Å². The van der Waals surface area contributed by atoms with Crippen molar-refractivity contribution in [3.63, 3.8) is 0 Å². The SMILES string of the molecule is CCc1ccc(-n2c(=O)/c(=C\c3sccc3C)s/c2=C(\C#N)C(=O)NCC[NH+]2CCOCC2)cc1. The lowest BCUT2D eigenvalue weighted by atomic mass is 10.1. The van der Waals surface area contributed by atoms with Crippen LogP contribution in [0.1, 0.15) is 22.9 Å². The number of nitrogens with zero attached hydrogens (tertiary/aromatic N) is 2. The van der Waals surface area contributed by atoms with Crippen LogP contribution in [0.5, 0.6) is 0 Å². The number of thiophene rings is 1. The van der Waals surface area contributed by atoms with Gasteiger partial charge in [-0.25, -0.2) is 0 Å². The van der Waals surface area contributed by atoms with E-state index in [1.165, 1.54) is 20.8 Å². The van der Waals surface area contributed by atoms with Gasteiger partial charge in [-0.3, -0.25) is 14.2 Å². The molecular formula is C26H29N4O3S2+. The Hall–Kier alpha value is -3.03. The van der Waals surface area contributed by atoms with E-state index in [4.69, 9.17) is 4.74 Å². The first-order valence-electron chi connectivity index (χ1n) is 11.7. The van der Waals surface area contributed by atoms with E-state index >= 15 is 0 Å². The van der Waals surface area contributed by atoms with Crippen LogP contribution in [0, 0.1) is 18.3 Å². The molecule has 0 unspecified atom stereocenters. The van der Waals surface area contributed by atoms with E-state index in [0.29, 0.717) is 21.4 Å². The van der Waals surface area contributed by atoms with Crippen molar-refractivity contribution in [2.75, 3.05) is 39.4 Å². The van der Waals surface area contributed by atoms with Crippen molar-refractivity contribution in [1.29, 1.82) is 5.26 Å². The zero-order valence-corrected chi connectivity index (χ0v) is 21.6. The molecule has 2 N–H and O–H groups in total. The number of amides is 1. The molecule has 1 amide bonds. The summed E-state index contributed by atoms with van der Waals surface area (Å²) in [5.41, 5.74) is 2.58. The molecule has 0 bridgehead atoms. The lowest BCUT2D eigenvalue weighted by Crippen LogP contribution is -3.14. The fraction of sp³-hybridized carbons (Fsp3) is 0.346. The number of hydrogen-bond acceptors (Lipinski definition) is 6. The Morgan fingerprint density at radius 3 is 2.63 bits per heavy atom. The van der Waals surface area contributed by atoms with Crippen LogP contribution in [-0.4, -0.2) is 49.9 Å². The van der Waals surface area contributed by atoms with E-state index < -0.39 is 5.91 Å². The van der Waals surface area contributed by atoms with Crippen molar-refractivity contribution in [2.24, 2.45) is 0 Å². The van der Waals surface area contributed by atoms with Crippen LogP contribution in [0.3, 0.4) is 0 Å². The molecule has 1 aromatic carbocycles. The zero-order valence-electron chi connectivity index (χ0n) is 19.9. The highest BCUT2D eigenvalue weighted by molar-refractivity contribution is 7.11. The normalized spacial score (nSPS) is 15.6. The summed E-state index contributed by atoms with van der Waals surface area (Å²) in [6.07, 6.45) is 2.73. The lowest BCUT2D eigenvalue weighted by Gasteiger charge is -2.23. The molecule has 0 aliphatic carbocycles. The Balaban J connectivity index is 1.76. The number of nitrogens with one attached hydrogen (secondary N) is 2. The van der Waals surface area contributed by atoms with Crippen LogP contribution in [0.2, 0.25) is 0 Å². The molecule has 0 spiro atoms. The third-order valence-electron chi connectivity index (χ3n) is 6.11. The van der Waals surface area contributed by atoms with E-state index in [2.05, 4.69) is 18.3 Å². The van der Waals surface area contributed by atoms with Crippen LogP contribution < -0.4 is 25.0 Å². The Morgan fingerprint density at radius 1 is 1.26 bits per heavy atom. The van der Waals surface area contributed by atoms with E-state index in [-0.39, 0.29) is 11.1 Å². The van der Waals surface area contributed by atoms with Crippen molar-refractivity contribution >= 4 is 40.2 Å². The molecule has 1 aliphatic rings.